The smallest absolute Gasteiger partial charge is 0.291 e. The normalized spacial score (nSPS) is 16.1. The van der Waals surface area contributed by atoms with Crippen LogP contribution in [0, 0.1) is 0 Å². The summed E-state index contributed by atoms with van der Waals surface area (Å²) in [6.07, 6.45) is 0.670. The van der Waals surface area contributed by atoms with E-state index >= 15 is 0 Å². The molecule has 3 aromatic heterocycles. The van der Waals surface area contributed by atoms with Gasteiger partial charge in [-0.2, -0.15) is 5.10 Å². The molecule has 0 bridgehead atoms. The van der Waals surface area contributed by atoms with Gasteiger partial charge in [-0.1, -0.05) is 13.0 Å². The van der Waals surface area contributed by atoms with E-state index in [2.05, 4.69) is 16.1 Å². The molecule has 2 aliphatic rings. The van der Waals surface area contributed by atoms with Gasteiger partial charge < -0.3 is 14.4 Å². The maximum Gasteiger partial charge on any atom is 0.291 e. The maximum atomic E-state index is 13.1. The topological polar surface area (TPSA) is 81.3 Å². The number of ether oxygens (including phenoxy) is 2. The maximum absolute atomic E-state index is 13.1. The van der Waals surface area contributed by atoms with E-state index in [-0.39, 0.29) is 24.8 Å². The van der Waals surface area contributed by atoms with Crippen LogP contribution < -0.4 is 15.0 Å². The van der Waals surface area contributed by atoms with E-state index in [1.807, 2.05) is 45.9 Å². The van der Waals surface area contributed by atoms with Gasteiger partial charge in [0.2, 0.25) is 12.7 Å². The number of nitrogens with zero attached hydrogens (tertiary/aromatic N) is 5. The molecule has 0 atom stereocenters. The molecule has 34 heavy (non-hydrogen) atoms. The van der Waals surface area contributed by atoms with Crippen LogP contribution in [0.5, 0.6) is 11.5 Å². The number of fused-ring (bicyclic) bond motifs is 4. The van der Waals surface area contributed by atoms with Crippen molar-refractivity contribution in [1.29, 1.82) is 0 Å². The minimum atomic E-state index is -0.226. The quantitative estimate of drug-likeness (QED) is 0.437. The highest BCUT2D eigenvalue weighted by Gasteiger charge is 2.24. The van der Waals surface area contributed by atoms with E-state index in [0.29, 0.717) is 25.0 Å². The van der Waals surface area contributed by atoms with Crippen LogP contribution in [0.25, 0.3) is 15.7 Å². The standard InChI is InChI=1S/C24H25N5O4S/c1-2-22-25-28(24(31)18-12-21-17(29(18)22)5-10-34-21)14-23(30)27-8-6-26(7-9-27)13-16-3-4-19-20(11-16)33-15-32-19/h3-5,10-12H,2,6-9,13-15H2,1H3. The zero-order valence-electron chi connectivity index (χ0n) is 18.9. The molecule has 176 valence electrons. The van der Waals surface area contributed by atoms with Gasteiger partial charge >= 0.3 is 0 Å². The van der Waals surface area contributed by atoms with Crippen LogP contribution in [-0.2, 0) is 24.3 Å². The van der Waals surface area contributed by atoms with Gasteiger partial charge in [-0.3, -0.25) is 18.9 Å². The highest BCUT2D eigenvalue weighted by molar-refractivity contribution is 7.17. The fourth-order valence-corrected chi connectivity index (χ4v) is 5.54. The zero-order valence-corrected chi connectivity index (χ0v) is 19.7. The van der Waals surface area contributed by atoms with E-state index in [1.54, 1.807) is 11.3 Å². The molecule has 6 rings (SSSR count). The Morgan fingerprint density at radius 1 is 1.06 bits per heavy atom. The molecule has 1 amide bonds. The number of hydrogen-bond donors (Lipinski definition) is 0. The van der Waals surface area contributed by atoms with Crippen LogP contribution >= 0.6 is 11.3 Å². The number of aryl methyl sites for hydroxylation is 1. The minimum Gasteiger partial charge on any atom is -0.454 e. The third kappa shape index (κ3) is 3.63. The first-order valence-electron chi connectivity index (χ1n) is 11.5. The minimum absolute atomic E-state index is 0.0384. The molecule has 5 heterocycles. The second kappa shape index (κ2) is 8.44. The Kier molecular flexibility index (Phi) is 5.26. The molecular formula is C24H25N5O4S. The summed E-state index contributed by atoms with van der Waals surface area (Å²) in [7, 11) is 0. The van der Waals surface area contributed by atoms with Gasteiger partial charge in [0, 0.05) is 39.1 Å². The summed E-state index contributed by atoms with van der Waals surface area (Å²) >= 11 is 1.60. The number of carbonyl (C=O) groups excluding carboxylic acids is 1. The predicted molar refractivity (Wildman–Crippen MR) is 129 cm³/mol. The molecule has 0 spiro atoms. The lowest BCUT2D eigenvalue weighted by molar-refractivity contribution is -0.133. The van der Waals surface area contributed by atoms with E-state index in [0.717, 1.165) is 52.7 Å². The summed E-state index contributed by atoms with van der Waals surface area (Å²) in [5, 5.41) is 6.56. The summed E-state index contributed by atoms with van der Waals surface area (Å²) in [6, 6.07) is 9.92. The highest BCUT2D eigenvalue weighted by Crippen LogP contribution is 2.33. The molecule has 1 fully saturated rings. The highest BCUT2D eigenvalue weighted by atomic mass is 32.1. The van der Waals surface area contributed by atoms with Crippen LogP contribution in [0.1, 0.15) is 18.3 Å². The number of benzene rings is 1. The number of amides is 1. The van der Waals surface area contributed by atoms with Crippen molar-refractivity contribution in [2.75, 3.05) is 33.0 Å². The number of aromatic nitrogens is 3. The molecule has 2 aliphatic heterocycles. The Balaban J connectivity index is 1.13. The van der Waals surface area contributed by atoms with Crippen molar-refractivity contribution in [1.82, 2.24) is 24.0 Å². The van der Waals surface area contributed by atoms with Gasteiger partial charge in [0.1, 0.15) is 17.9 Å². The number of carbonyl (C=O) groups is 1. The lowest BCUT2D eigenvalue weighted by Crippen LogP contribution is -2.49. The van der Waals surface area contributed by atoms with Crippen molar-refractivity contribution in [3.05, 3.63) is 57.5 Å². The van der Waals surface area contributed by atoms with Gasteiger partial charge in [-0.05, 0) is 35.2 Å². The molecule has 0 unspecified atom stereocenters. The summed E-state index contributed by atoms with van der Waals surface area (Å²) in [5.74, 6) is 2.28. The van der Waals surface area contributed by atoms with Crippen molar-refractivity contribution in [3.63, 3.8) is 0 Å². The summed E-state index contributed by atoms with van der Waals surface area (Å²) in [6.45, 7) is 5.84. The molecule has 1 saturated heterocycles. The van der Waals surface area contributed by atoms with E-state index in [1.165, 1.54) is 4.68 Å². The fraction of sp³-hybridized carbons (Fsp3) is 0.375. The Hall–Kier alpha value is -3.37. The Morgan fingerprint density at radius 3 is 2.71 bits per heavy atom. The number of thiophene rings is 1. The first-order chi connectivity index (χ1) is 16.6. The molecule has 1 aromatic carbocycles. The van der Waals surface area contributed by atoms with Crippen LogP contribution in [-0.4, -0.2) is 62.9 Å². The van der Waals surface area contributed by atoms with E-state index in [4.69, 9.17) is 9.47 Å². The van der Waals surface area contributed by atoms with E-state index < -0.39 is 0 Å². The number of piperazine rings is 1. The zero-order chi connectivity index (χ0) is 23.2. The predicted octanol–water partition coefficient (Wildman–Crippen LogP) is 2.35. The summed E-state index contributed by atoms with van der Waals surface area (Å²) in [4.78, 5) is 30.3. The molecule has 9 nitrogen and oxygen atoms in total. The first kappa shape index (κ1) is 21.2. The van der Waals surface area contributed by atoms with Crippen LogP contribution in [0.2, 0.25) is 0 Å². The van der Waals surface area contributed by atoms with Gasteiger partial charge in [0.15, 0.2) is 11.5 Å². The Labute approximate surface area is 199 Å². The molecule has 0 radical (unpaired) electrons. The van der Waals surface area contributed by atoms with E-state index in [9.17, 15) is 9.59 Å². The van der Waals surface area contributed by atoms with Gasteiger partial charge in [0.25, 0.3) is 5.56 Å². The van der Waals surface area contributed by atoms with Crippen molar-refractivity contribution >= 4 is 33.0 Å². The Morgan fingerprint density at radius 2 is 1.88 bits per heavy atom. The Bertz CT molecular complexity index is 1450. The summed E-state index contributed by atoms with van der Waals surface area (Å²) in [5.41, 5.74) is 2.51. The first-order valence-corrected chi connectivity index (χ1v) is 12.4. The largest absolute Gasteiger partial charge is 0.454 e. The van der Waals surface area contributed by atoms with Crippen molar-refractivity contribution in [3.8, 4) is 11.5 Å². The third-order valence-electron chi connectivity index (χ3n) is 6.54. The second-order valence-electron chi connectivity index (χ2n) is 8.61. The summed E-state index contributed by atoms with van der Waals surface area (Å²) < 4.78 is 15.2. The lowest BCUT2D eigenvalue weighted by atomic mass is 10.1. The average Bonchev–Trinajstić information content (AvgIpc) is 3.57. The number of rotatable bonds is 5. The molecule has 4 aromatic rings. The molecule has 0 saturated carbocycles. The van der Waals surface area contributed by atoms with Crippen LogP contribution in [0.15, 0.2) is 40.5 Å². The molecule has 0 aliphatic carbocycles. The molecule has 10 heteroatoms. The van der Waals surface area contributed by atoms with Crippen LogP contribution in [0.4, 0.5) is 0 Å². The SMILES string of the molecule is CCc1nn(CC(=O)N2CCN(Cc3ccc4c(c3)OCO4)CC2)c(=O)c2cc3sccc3n12. The molecule has 0 N–H and O–H groups in total. The molecular weight excluding hydrogens is 454 g/mol. The average molecular weight is 480 g/mol. The second-order valence-corrected chi connectivity index (χ2v) is 9.56. The van der Waals surface area contributed by atoms with Crippen LogP contribution in [0.3, 0.4) is 0 Å². The van der Waals surface area contributed by atoms with Crippen molar-refractivity contribution in [2.24, 2.45) is 0 Å². The van der Waals surface area contributed by atoms with Gasteiger partial charge in [-0.25, -0.2) is 4.68 Å². The van der Waals surface area contributed by atoms with Crippen molar-refractivity contribution < 1.29 is 14.3 Å². The van der Waals surface area contributed by atoms with Gasteiger partial charge in [-0.15, -0.1) is 11.3 Å². The fourth-order valence-electron chi connectivity index (χ4n) is 4.74. The number of hydrogen-bond acceptors (Lipinski definition) is 7. The van der Waals surface area contributed by atoms with Gasteiger partial charge in [0.05, 0.1) is 10.2 Å². The van der Waals surface area contributed by atoms with Crippen molar-refractivity contribution in [2.45, 2.75) is 26.4 Å². The lowest BCUT2D eigenvalue weighted by Gasteiger charge is -2.34. The third-order valence-corrected chi connectivity index (χ3v) is 7.39. The monoisotopic (exact) mass is 479 g/mol.